The van der Waals surface area contributed by atoms with Crippen LogP contribution >= 0.6 is 0 Å². The summed E-state index contributed by atoms with van der Waals surface area (Å²) in [7, 11) is -1.62. The normalized spacial score (nSPS) is 20.5. The van der Waals surface area contributed by atoms with Crippen LogP contribution in [-0.2, 0) is 28.0 Å². The molecule has 9 nitrogen and oxygen atoms in total. The van der Waals surface area contributed by atoms with E-state index in [1.807, 2.05) is 20.9 Å². The molecule has 1 saturated heterocycles. The summed E-state index contributed by atoms with van der Waals surface area (Å²) in [5.74, 6) is 1.43. The Balaban J connectivity index is 1.85. The monoisotopic (exact) mass is 410 g/mol. The standard InChI is InChI=1S/C18H30N6O3S/c1-5-23(6-2)28(26,27)24-10-7-14(11-24)17-20-16-12-22(13(3)25)9-8-15(16)18(19-4)21-17/h14H,5-12H2,1-4H3,(H,19,20,21). The van der Waals surface area contributed by atoms with Crippen LogP contribution in [-0.4, -0.2) is 77.6 Å². The minimum Gasteiger partial charge on any atom is -0.373 e. The Bertz CT molecular complexity index is 840. The zero-order chi connectivity index (χ0) is 20.5. The van der Waals surface area contributed by atoms with Crippen LogP contribution in [0.1, 0.15) is 50.2 Å². The Morgan fingerprint density at radius 1 is 1.25 bits per heavy atom. The molecule has 0 aromatic carbocycles. The summed E-state index contributed by atoms with van der Waals surface area (Å²) in [5.41, 5.74) is 1.91. The Morgan fingerprint density at radius 3 is 2.57 bits per heavy atom. The molecule has 10 heteroatoms. The van der Waals surface area contributed by atoms with E-state index in [0.29, 0.717) is 51.5 Å². The lowest BCUT2D eigenvalue weighted by molar-refractivity contribution is -0.129. The SMILES string of the molecule is CCN(CC)S(=O)(=O)N1CCC(c2nc3c(c(NC)n2)CCN(C(C)=O)C3)C1. The van der Waals surface area contributed by atoms with Crippen molar-refractivity contribution >= 4 is 21.9 Å². The lowest BCUT2D eigenvalue weighted by atomic mass is 10.0. The highest BCUT2D eigenvalue weighted by atomic mass is 32.2. The molecule has 156 valence electrons. The van der Waals surface area contributed by atoms with Crippen molar-refractivity contribution in [3.05, 3.63) is 17.1 Å². The van der Waals surface area contributed by atoms with Crippen LogP contribution in [0.2, 0.25) is 0 Å². The number of aromatic nitrogens is 2. The predicted molar refractivity (Wildman–Crippen MR) is 107 cm³/mol. The Morgan fingerprint density at radius 2 is 1.96 bits per heavy atom. The fourth-order valence-electron chi connectivity index (χ4n) is 3.97. The number of carbonyl (C=O) groups is 1. The molecule has 0 saturated carbocycles. The van der Waals surface area contributed by atoms with Crippen molar-refractivity contribution in [2.45, 2.75) is 46.1 Å². The molecule has 3 heterocycles. The Hall–Kier alpha value is -1.78. The number of amides is 1. The van der Waals surface area contributed by atoms with Crippen molar-refractivity contribution in [1.29, 1.82) is 0 Å². The van der Waals surface area contributed by atoms with Gasteiger partial charge in [-0.15, -0.1) is 0 Å². The lowest BCUT2D eigenvalue weighted by Gasteiger charge is -2.29. The van der Waals surface area contributed by atoms with Crippen molar-refractivity contribution in [2.24, 2.45) is 0 Å². The van der Waals surface area contributed by atoms with Crippen molar-refractivity contribution in [3.8, 4) is 0 Å². The molecule has 1 amide bonds. The fourth-order valence-corrected chi connectivity index (χ4v) is 5.65. The van der Waals surface area contributed by atoms with Crippen molar-refractivity contribution in [1.82, 2.24) is 23.5 Å². The van der Waals surface area contributed by atoms with Gasteiger partial charge in [0.15, 0.2) is 0 Å². The highest BCUT2D eigenvalue weighted by molar-refractivity contribution is 7.86. The van der Waals surface area contributed by atoms with Crippen LogP contribution < -0.4 is 5.32 Å². The first kappa shape index (κ1) is 20.9. The number of hydrogen-bond acceptors (Lipinski definition) is 6. The van der Waals surface area contributed by atoms with Gasteiger partial charge in [-0.1, -0.05) is 13.8 Å². The third-order valence-corrected chi connectivity index (χ3v) is 7.79. The average Bonchev–Trinajstić information content (AvgIpc) is 3.18. The van der Waals surface area contributed by atoms with Gasteiger partial charge in [0.2, 0.25) is 5.91 Å². The highest BCUT2D eigenvalue weighted by Crippen LogP contribution is 2.31. The van der Waals surface area contributed by atoms with Crippen molar-refractivity contribution in [3.63, 3.8) is 0 Å². The molecule has 0 bridgehead atoms. The van der Waals surface area contributed by atoms with Crippen LogP contribution in [0.3, 0.4) is 0 Å². The average molecular weight is 411 g/mol. The molecule has 1 unspecified atom stereocenters. The first-order chi connectivity index (χ1) is 13.3. The fraction of sp³-hybridized carbons (Fsp3) is 0.722. The first-order valence-corrected chi connectivity index (χ1v) is 11.3. The van der Waals surface area contributed by atoms with Gasteiger partial charge in [-0.2, -0.15) is 17.0 Å². The molecule has 1 N–H and O–H groups in total. The number of nitrogens with one attached hydrogen (secondary N) is 1. The van der Waals surface area contributed by atoms with Crippen molar-refractivity contribution < 1.29 is 13.2 Å². The van der Waals surface area contributed by atoms with Gasteiger partial charge >= 0.3 is 0 Å². The topological polar surface area (TPSA) is 98.7 Å². The summed E-state index contributed by atoms with van der Waals surface area (Å²) in [5, 5.41) is 3.15. The van der Waals surface area contributed by atoms with Gasteiger partial charge in [0, 0.05) is 58.2 Å². The summed E-state index contributed by atoms with van der Waals surface area (Å²) in [6, 6.07) is 0. The van der Waals surface area contributed by atoms with Gasteiger partial charge in [0.25, 0.3) is 10.2 Å². The molecule has 2 aliphatic rings. The van der Waals surface area contributed by atoms with E-state index < -0.39 is 10.2 Å². The van der Waals surface area contributed by atoms with E-state index in [9.17, 15) is 13.2 Å². The van der Waals surface area contributed by atoms with Gasteiger partial charge in [0.05, 0.1) is 12.2 Å². The molecule has 2 aliphatic heterocycles. The molecule has 3 rings (SSSR count). The van der Waals surface area contributed by atoms with Crippen LogP contribution in [0.15, 0.2) is 0 Å². The molecule has 0 spiro atoms. The van der Waals surface area contributed by atoms with Gasteiger partial charge < -0.3 is 10.2 Å². The minimum absolute atomic E-state index is 0.0363. The molecule has 1 aromatic rings. The van der Waals surface area contributed by atoms with Gasteiger partial charge in [-0.25, -0.2) is 9.97 Å². The number of rotatable bonds is 6. The third kappa shape index (κ3) is 3.85. The van der Waals surface area contributed by atoms with E-state index in [1.165, 1.54) is 8.61 Å². The van der Waals surface area contributed by atoms with Crippen molar-refractivity contribution in [2.75, 3.05) is 45.1 Å². The van der Waals surface area contributed by atoms with Gasteiger partial charge in [0.1, 0.15) is 11.6 Å². The summed E-state index contributed by atoms with van der Waals surface area (Å²) >= 11 is 0. The maximum absolute atomic E-state index is 12.8. The predicted octanol–water partition coefficient (Wildman–Crippen LogP) is 0.799. The Labute approximate surface area is 167 Å². The molecule has 28 heavy (non-hydrogen) atoms. The molecule has 1 aromatic heterocycles. The maximum atomic E-state index is 12.8. The van der Waals surface area contributed by atoms with E-state index in [1.54, 1.807) is 11.8 Å². The summed E-state index contributed by atoms with van der Waals surface area (Å²) in [6.45, 7) is 8.18. The molecule has 0 aliphatic carbocycles. The second-order valence-electron chi connectivity index (χ2n) is 7.23. The van der Waals surface area contributed by atoms with E-state index in [4.69, 9.17) is 9.97 Å². The molecule has 0 radical (unpaired) electrons. The molecular formula is C18H30N6O3S. The summed E-state index contributed by atoms with van der Waals surface area (Å²) in [4.78, 5) is 23.0. The largest absolute Gasteiger partial charge is 0.373 e. The quantitative estimate of drug-likeness (QED) is 0.745. The second kappa shape index (κ2) is 8.30. The van der Waals surface area contributed by atoms with Crippen LogP contribution in [0.25, 0.3) is 0 Å². The highest BCUT2D eigenvalue weighted by Gasteiger charge is 2.37. The minimum atomic E-state index is -3.45. The van der Waals surface area contributed by atoms with Gasteiger partial charge in [-0.05, 0) is 12.8 Å². The van der Waals surface area contributed by atoms with E-state index in [2.05, 4.69) is 5.32 Å². The number of hydrogen-bond donors (Lipinski definition) is 1. The maximum Gasteiger partial charge on any atom is 0.281 e. The number of carbonyl (C=O) groups excluding carboxylic acids is 1. The van der Waals surface area contributed by atoms with Gasteiger partial charge in [-0.3, -0.25) is 4.79 Å². The molecular weight excluding hydrogens is 380 g/mol. The smallest absolute Gasteiger partial charge is 0.281 e. The lowest BCUT2D eigenvalue weighted by Crippen LogP contribution is -2.42. The second-order valence-corrected chi connectivity index (χ2v) is 9.16. The van der Waals surface area contributed by atoms with Crippen LogP contribution in [0.4, 0.5) is 5.82 Å². The Kier molecular flexibility index (Phi) is 6.21. The zero-order valence-corrected chi connectivity index (χ0v) is 17.9. The van der Waals surface area contributed by atoms with Crippen LogP contribution in [0.5, 0.6) is 0 Å². The number of nitrogens with zero attached hydrogens (tertiary/aromatic N) is 5. The van der Waals surface area contributed by atoms with E-state index >= 15 is 0 Å². The summed E-state index contributed by atoms with van der Waals surface area (Å²) in [6.07, 6.45) is 1.41. The molecule has 1 atom stereocenters. The van der Waals surface area contributed by atoms with E-state index in [-0.39, 0.29) is 11.8 Å². The molecule has 1 fully saturated rings. The van der Waals surface area contributed by atoms with Crippen LogP contribution in [0, 0.1) is 0 Å². The zero-order valence-electron chi connectivity index (χ0n) is 17.1. The number of anilines is 1. The third-order valence-electron chi connectivity index (χ3n) is 5.64. The number of fused-ring (bicyclic) bond motifs is 1. The first-order valence-electron chi connectivity index (χ1n) is 9.89. The summed E-state index contributed by atoms with van der Waals surface area (Å²) < 4.78 is 28.6. The van der Waals surface area contributed by atoms with E-state index in [0.717, 1.165) is 23.5 Å².